The first kappa shape index (κ1) is 15.4. The number of carbonyl (C=O) groups is 1. The molecule has 0 saturated heterocycles. The minimum absolute atomic E-state index is 0.207. The molecule has 0 fully saturated rings. The predicted molar refractivity (Wildman–Crippen MR) is 82.4 cm³/mol. The fourth-order valence-electron chi connectivity index (χ4n) is 2.08. The lowest BCUT2D eigenvalue weighted by molar-refractivity contribution is -0.136. The van der Waals surface area contributed by atoms with Crippen molar-refractivity contribution in [3.8, 4) is 0 Å². The molecule has 5 heteroatoms. The van der Waals surface area contributed by atoms with Crippen molar-refractivity contribution < 1.29 is 14.1 Å². The van der Waals surface area contributed by atoms with Crippen molar-refractivity contribution in [3.63, 3.8) is 0 Å². The van der Waals surface area contributed by atoms with E-state index in [-0.39, 0.29) is 12.2 Å². The Morgan fingerprint density at radius 2 is 1.95 bits per heavy atom. The predicted octanol–water partition coefficient (Wildman–Crippen LogP) is 2.33. The van der Waals surface area contributed by atoms with Crippen molar-refractivity contribution in [3.05, 3.63) is 65.5 Å². The third-order valence-corrected chi connectivity index (χ3v) is 4.72. The number of rotatable bonds is 6. The highest BCUT2D eigenvalue weighted by Gasteiger charge is 2.25. The van der Waals surface area contributed by atoms with E-state index in [1.165, 1.54) is 0 Å². The number of hydrogen-bond donors (Lipinski definition) is 1. The van der Waals surface area contributed by atoms with Crippen LogP contribution >= 0.6 is 0 Å². The minimum Gasteiger partial charge on any atom is -0.480 e. The first-order chi connectivity index (χ1) is 10.1. The van der Waals surface area contributed by atoms with Gasteiger partial charge in [-0.3, -0.25) is 14.0 Å². The lowest BCUT2D eigenvalue weighted by Gasteiger charge is -2.12. The number of carboxylic acid groups (broad SMARTS) is 1. The molecule has 0 radical (unpaired) electrons. The zero-order valence-electron chi connectivity index (χ0n) is 11.7. The molecule has 110 valence electrons. The maximum atomic E-state index is 12.4. The van der Waals surface area contributed by atoms with Gasteiger partial charge in [0.05, 0.1) is 5.75 Å². The SMILES string of the molecule is Cc1cncc(CS(=O)C(Cc2ccccc2)C(=O)O)c1. The van der Waals surface area contributed by atoms with Crippen LogP contribution in [-0.2, 0) is 27.8 Å². The van der Waals surface area contributed by atoms with Gasteiger partial charge in [0, 0.05) is 23.2 Å². The highest BCUT2D eigenvalue weighted by Crippen LogP contribution is 2.13. The highest BCUT2D eigenvalue weighted by atomic mass is 32.2. The largest absolute Gasteiger partial charge is 0.480 e. The van der Waals surface area contributed by atoms with Crippen molar-refractivity contribution in [2.45, 2.75) is 24.3 Å². The molecular formula is C16H17NO3S. The monoisotopic (exact) mass is 303 g/mol. The van der Waals surface area contributed by atoms with Crippen molar-refractivity contribution in [2.75, 3.05) is 0 Å². The maximum Gasteiger partial charge on any atom is 0.319 e. The van der Waals surface area contributed by atoms with E-state index in [2.05, 4.69) is 4.98 Å². The maximum absolute atomic E-state index is 12.4. The highest BCUT2D eigenvalue weighted by molar-refractivity contribution is 7.85. The molecule has 0 aliphatic rings. The van der Waals surface area contributed by atoms with Gasteiger partial charge in [-0.05, 0) is 30.0 Å². The summed E-state index contributed by atoms with van der Waals surface area (Å²) >= 11 is 0. The van der Waals surface area contributed by atoms with Gasteiger partial charge in [-0.15, -0.1) is 0 Å². The van der Waals surface area contributed by atoms with E-state index in [9.17, 15) is 14.1 Å². The van der Waals surface area contributed by atoms with E-state index >= 15 is 0 Å². The Bertz CT molecular complexity index is 643. The number of nitrogens with zero attached hydrogens (tertiary/aromatic N) is 1. The van der Waals surface area contributed by atoms with Crippen molar-refractivity contribution in [1.29, 1.82) is 0 Å². The first-order valence-electron chi connectivity index (χ1n) is 6.60. The number of hydrogen-bond acceptors (Lipinski definition) is 3. The Morgan fingerprint density at radius 1 is 1.24 bits per heavy atom. The first-order valence-corrected chi connectivity index (χ1v) is 7.99. The minimum atomic E-state index is -1.49. The van der Waals surface area contributed by atoms with Crippen LogP contribution in [0.5, 0.6) is 0 Å². The topological polar surface area (TPSA) is 67.3 Å². The number of aromatic nitrogens is 1. The van der Waals surface area contributed by atoms with Crippen molar-refractivity contribution >= 4 is 16.8 Å². The Hall–Kier alpha value is -2.01. The molecule has 0 saturated carbocycles. The van der Waals surface area contributed by atoms with E-state index in [0.29, 0.717) is 0 Å². The fourth-order valence-corrected chi connectivity index (χ4v) is 3.37. The van der Waals surface area contributed by atoms with E-state index in [1.54, 1.807) is 12.4 Å². The number of benzene rings is 1. The second-order valence-electron chi connectivity index (χ2n) is 4.91. The number of carboxylic acids is 1. The van der Waals surface area contributed by atoms with Gasteiger partial charge in [-0.1, -0.05) is 36.4 Å². The third-order valence-electron chi connectivity index (χ3n) is 3.10. The van der Waals surface area contributed by atoms with Gasteiger partial charge >= 0.3 is 5.97 Å². The summed E-state index contributed by atoms with van der Waals surface area (Å²) in [5.41, 5.74) is 2.65. The Morgan fingerprint density at radius 3 is 2.57 bits per heavy atom. The Balaban J connectivity index is 2.11. The van der Waals surface area contributed by atoms with Crippen LogP contribution in [0.15, 0.2) is 48.8 Å². The van der Waals surface area contributed by atoms with Crippen LogP contribution < -0.4 is 0 Å². The summed E-state index contributed by atoms with van der Waals surface area (Å²) in [5, 5.41) is 8.42. The Kier molecular flexibility index (Phi) is 5.22. The molecule has 1 N–H and O–H groups in total. The summed E-state index contributed by atoms with van der Waals surface area (Å²) < 4.78 is 12.4. The van der Waals surface area contributed by atoms with Crippen LogP contribution in [0.25, 0.3) is 0 Å². The summed E-state index contributed by atoms with van der Waals surface area (Å²) in [6.45, 7) is 1.90. The van der Waals surface area contributed by atoms with E-state index in [4.69, 9.17) is 0 Å². The zero-order valence-corrected chi connectivity index (χ0v) is 12.5. The molecule has 0 aliphatic carbocycles. The lowest BCUT2D eigenvalue weighted by Crippen LogP contribution is -2.29. The zero-order chi connectivity index (χ0) is 15.2. The van der Waals surface area contributed by atoms with Gasteiger partial charge in [0.2, 0.25) is 0 Å². The molecule has 2 aromatic rings. The molecule has 0 aliphatic heterocycles. The van der Waals surface area contributed by atoms with Crippen molar-refractivity contribution in [2.24, 2.45) is 0 Å². The van der Waals surface area contributed by atoms with Gasteiger partial charge in [-0.2, -0.15) is 0 Å². The molecule has 0 bridgehead atoms. The second kappa shape index (κ2) is 7.13. The molecule has 4 nitrogen and oxygen atoms in total. The van der Waals surface area contributed by atoms with Crippen LogP contribution in [0, 0.1) is 6.92 Å². The molecule has 0 spiro atoms. The summed E-state index contributed by atoms with van der Waals surface area (Å²) in [6, 6.07) is 11.1. The van der Waals surface area contributed by atoms with Crippen LogP contribution in [0.3, 0.4) is 0 Å². The van der Waals surface area contributed by atoms with E-state index in [0.717, 1.165) is 16.7 Å². The average molecular weight is 303 g/mol. The van der Waals surface area contributed by atoms with Crippen LogP contribution in [0.4, 0.5) is 0 Å². The number of aliphatic carboxylic acids is 1. The number of pyridine rings is 1. The molecule has 2 unspecified atom stereocenters. The van der Waals surface area contributed by atoms with Crippen molar-refractivity contribution in [1.82, 2.24) is 4.98 Å². The summed E-state index contributed by atoms with van der Waals surface area (Å²) in [5.74, 6) is -0.823. The lowest BCUT2D eigenvalue weighted by atomic mass is 10.1. The van der Waals surface area contributed by atoms with Gasteiger partial charge in [0.1, 0.15) is 5.25 Å². The molecule has 2 atom stereocenters. The molecular weight excluding hydrogens is 286 g/mol. The van der Waals surface area contributed by atoms with E-state index in [1.807, 2.05) is 43.3 Å². The molecule has 0 amide bonds. The molecule has 2 rings (SSSR count). The standard InChI is InChI=1S/C16H17NO3S/c1-12-7-14(10-17-9-12)11-21(20)15(16(18)19)8-13-5-3-2-4-6-13/h2-7,9-10,15H,8,11H2,1H3,(H,18,19). The smallest absolute Gasteiger partial charge is 0.319 e. The van der Waals surface area contributed by atoms with Gasteiger partial charge in [0.25, 0.3) is 0 Å². The molecule has 1 heterocycles. The fraction of sp³-hybridized carbons (Fsp3) is 0.250. The van der Waals surface area contributed by atoms with Gasteiger partial charge in [0.15, 0.2) is 0 Å². The summed E-state index contributed by atoms with van der Waals surface area (Å²) in [6.07, 6.45) is 3.61. The van der Waals surface area contributed by atoms with Crippen LogP contribution in [0.2, 0.25) is 0 Å². The average Bonchev–Trinajstić information content (AvgIpc) is 2.45. The number of aryl methyl sites for hydroxylation is 1. The summed E-state index contributed by atoms with van der Waals surface area (Å²) in [4.78, 5) is 15.4. The molecule has 21 heavy (non-hydrogen) atoms. The Labute approximate surface area is 126 Å². The molecule has 1 aromatic carbocycles. The molecule has 1 aromatic heterocycles. The van der Waals surface area contributed by atoms with E-state index < -0.39 is 22.0 Å². The third kappa shape index (κ3) is 4.49. The summed E-state index contributed by atoms with van der Waals surface area (Å²) in [7, 11) is -1.49. The van der Waals surface area contributed by atoms with Gasteiger partial charge in [-0.25, -0.2) is 0 Å². The normalized spacial score (nSPS) is 13.6. The van der Waals surface area contributed by atoms with Crippen LogP contribution in [0.1, 0.15) is 16.7 Å². The second-order valence-corrected chi connectivity index (χ2v) is 6.53. The van der Waals surface area contributed by atoms with Crippen LogP contribution in [-0.4, -0.2) is 25.5 Å². The quantitative estimate of drug-likeness (QED) is 0.889. The van der Waals surface area contributed by atoms with Gasteiger partial charge < -0.3 is 5.11 Å².